The molecule has 3 aliphatic heterocycles. The maximum atomic E-state index is 14.7. The molecular formula is C38H46ClN3O7. The molecule has 0 unspecified atom stereocenters. The molecule has 0 radical (unpaired) electrons. The van der Waals surface area contributed by atoms with E-state index in [1.165, 1.54) is 9.80 Å². The minimum absolute atomic E-state index is 0.117. The molecule has 3 heterocycles. The number of hydrogen-bond acceptors (Lipinski definition) is 7. The van der Waals surface area contributed by atoms with E-state index < -0.39 is 65.6 Å². The zero-order valence-electron chi connectivity index (χ0n) is 28.4. The van der Waals surface area contributed by atoms with Gasteiger partial charge in [0.1, 0.15) is 17.7 Å². The van der Waals surface area contributed by atoms with Crippen molar-refractivity contribution in [1.82, 2.24) is 9.80 Å². The molecule has 2 bridgehead atoms. The predicted molar refractivity (Wildman–Crippen MR) is 187 cm³/mol. The van der Waals surface area contributed by atoms with Gasteiger partial charge in [0.05, 0.1) is 36.6 Å². The predicted octanol–water partition coefficient (Wildman–Crippen LogP) is 5.10. The van der Waals surface area contributed by atoms with Gasteiger partial charge in [-0.25, -0.2) is 0 Å². The fourth-order valence-corrected chi connectivity index (χ4v) is 7.92. The van der Waals surface area contributed by atoms with Crippen molar-refractivity contribution in [1.29, 1.82) is 0 Å². The van der Waals surface area contributed by atoms with Crippen LogP contribution in [0.25, 0.3) is 0 Å². The monoisotopic (exact) mass is 691 g/mol. The van der Waals surface area contributed by atoms with Crippen LogP contribution in [0.2, 0.25) is 5.02 Å². The van der Waals surface area contributed by atoms with E-state index in [1.807, 2.05) is 44.2 Å². The molecule has 2 aromatic rings. The molecule has 8 atom stereocenters. The van der Waals surface area contributed by atoms with Crippen LogP contribution in [0.5, 0.6) is 0 Å². The Balaban J connectivity index is 1.51. The molecule has 0 aliphatic carbocycles. The number of halogens is 1. The average Bonchev–Trinajstić information content (AvgIpc) is 3.76. The topological polar surface area (TPSA) is 117 Å². The van der Waals surface area contributed by atoms with Crippen LogP contribution in [0.4, 0.5) is 5.69 Å². The number of carbonyl (C=O) groups is 4. The van der Waals surface area contributed by atoms with Crippen LogP contribution in [0.15, 0.2) is 79.9 Å². The third-order valence-corrected chi connectivity index (χ3v) is 10.7. The van der Waals surface area contributed by atoms with Gasteiger partial charge in [0, 0.05) is 30.7 Å². The lowest BCUT2D eigenvalue weighted by molar-refractivity contribution is -0.165. The second kappa shape index (κ2) is 15.3. The first kappa shape index (κ1) is 36.3. The maximum absolute atomic E-state index is 14.7. The van der Waals surface area contributed by atoms with E-state index in [4.69, 9.17) is 21.1 Å². The van der Waals surface area contributed by atoms with Gasteiger partial charge in [0.25, 0.3) is 5.91 Å². The first-order valence-electron chi connectivity index (χ1n) is 16.9. The number of likely N-dealkylation sites (N-methyl/N-ethyl adjacent to an activating group) is 1. The van der Waals surface area contributed by atoms with Gasteiger partial charge in [0.15, 0.2) is 0 Å². The quantitative estimate of drug-likeness (QED) is 0.204. The van der Waals surface area contributed by atoms with Crippen LogP contribution >= 0.6 is 11.6 Å². The number of amides is 3. The Morgan fingerprint density at radius 3 is 2.45 bits per heavy atom. The molecule has 5 rings (SSSR count). The van der Waals surface area contributed by atoms with Crippen molar-refractivity contribution in [2.45, 2.75) is 81.9 Å². The first-order chi connectivity index (χ1) is 23.5. The van der Waals surface area contributed by atoms with Crippen molar-refractivity contribution in [3.05, 3.63) is 90.5 Å². The second-order valence-corrected chi connectivity index (χ2v) is 13.5. The normalized spacial score (nSPS) is 25.7. The summed E-state index contributed by atoms with van der Waals surface area (Å²) in [6.07, 6.45) is 3.81. The summed E-state index contributed by atoms with van der Waals surface area (Å²) in [6, 6.07) is 13.7. The summed E-state index contributed by atoms with van der Waals surface area (Å²) in [6.45, 7) is 11.0. The van der Waals surface area contributed by atoms with Gasteiger partial charge < -0.3 is 29.3 Å². The highest BCUT2D eigenvalue weighted by Gasteiger charge is 2.75. The summed E-state index contributed by atoms with van der Waals surface area (Å²) in [4.78, 5) is 61.2. The Hall–Kier alpha value is -3.99. The van der Waals surface area contributed by atoms with Crippen LogP contribution < -0.4 is 4.90 Å². The van der Waals surface area contributed by atoms with Crippen LogP contribution in [-0.2, 0) is 28.7 Å². The Kier molecular flexibility index (Phi) is 11.3. The number of fused-ring (bicyclic) bond motifs is 1. The maximum Gasteiger partial charge on any atom is 0.313 e. The lowest BCUT2D eigenvalue weighted by atomic mass is 9.70. The highest BCUT2D eigenvalue weighted by atomic mass is 35.5. The molecule has 1 spiro atoms. The summed E-state index contributed by atoms with van der Waals surface area (Å²) in [7, 11) is 1.68. The number of likely N-dealkylation sites (tertiary alicyclic amines) is 1. The highest BCUT2D eigenvalue weighted by Crippen LogP contribution is 2.59. The Labute approximate surface area is 293 Å². The third kappa shape index (κ3) is 6.66. The molecule has 0 saturated carbocycles. The molecule has 49 heavy (non-hydrogen) atoms. The van der Waals surface area contributed by atoms with E-state index >= 15 is 0 Å². The number of ether oxygens (including phenoxy) is 2. The molecule has 10 nitrogen and oxygen atoms in total. The molecule has 3 aliphatic rings. The SMILES string of the molecule is C=CCCC(=O)N(C)[C@H](C)[C@H](OC(=O)[C@@H]1[C@@H]2CC[C@]3(O2)[C@H](C(=O)N(CC=C)c2ccc(Cl)cc2)N([C@@H](CC)CO)C(=O)[C@@H]13)c1ccccc1. The van der Waals surface area contributed by atoms with Crippen molar-refractivity contribution >= 4 is 41.0 Å². The lowest BCUT2D eigenvalue weighted by Crippen LogP contribution is -2.59. The first-order valence-corrected chi connectivity index (χ1v) is 17.3. The zero-order chi connectivity index (χ0) is 35.5. The van der Waals surface area contributed by atoms with E-state index in [2.05, 4.69) is 13.2 Å². The van der Waals surface area contributed by atoms with Gasteiger partial charge in [-0.2, -0.15) is 0 Å². The number of anilines is 1. The van der Waals surface area contributed by atoms with Crippen LogP contribution in [0.3, 0.4) is 0 Å². The van der Waals surface area contributed by atoms with E-state index in [9.17, 15) is 24.3 Å². The van der Waals surface area contributed by atoms with E-state index in [0.717, 1.165) is 0 Å². The number of nitrogens with zero attached hydrogens (tertiary/aromatic N) is 3. The van der Waals surface area contributed by atoms with Crippen molar-refractivity contribution < 1.29 is 33.8 Å². The van der Waals surface area contributed by atoms with Crippen molar-refractivity contribution in [3.63, 3.8) is 0 Å². The van der Waals surface area contributed by atoms with Gasteiger partial charge >= 0.3 is 5.97 Å². The molecule has 262 valence electrons. The number of allylic oxidation sites excluding steroid dienone is 1. The van der Waals surface area contributed by atoms with E-state index in [1.54, 1.807) is 48.4 Å². The molecule has 2 aromatic carbocycles. The van der Waals surface area contributed by atoms with Gasteiger partial charge in [-0.15, -0.1) is 13.2 Å². The van der Waals surface area contributed by atoms with Crippen LogP contribution in [0, 0.1) is 11.8 Å². The molecule has 3 amide bonds. The van der Waals surface area contributed by atoms with Gasteiger partial charge in [0.2, 0.25) is 11.8 Å². The molecule has 3 saturated heterocycles. The number of esters is 1. The number of carbonyl (C=O) groups excluding carboxylic acids is 4. The van der Waals surface area contributed by atoms with E-state index in [0.29, 0.717) is 42.0 Å². The molecule has 1 N–H and O–H groups in total. The third-order valence-electron chi connectivity index (χ3n) is 10.4. The van der Waals surface area contributed by atoms with E-state index in [-0.39, 0.29) is 25.5 Å². The van der Waals surface area contributed by atoms with Crippen molar-refractivity contribution in [2.24, 2.45) is 11.8 Å². The molecule has 11 heteroatoms. The Morgan fingerprint density at radius 2 is 1.84 bits per heavy atom. The fourth-order valence-electron chi connectivity index (χ4n) is 7.79. The number of hydrogen-bond donors (Lipinski definition) is 1. The average molecular weight is 692 g/mol. The smallest absolute Gasteiger partial charge is 0.313 e. The largest absolute Gasteiger partial charge is 0.455 e. The van der Waals surface area contributed by atoms with Gasteiger partial charge in [-0.3, -0.25) is 19.2 Å². The molecule has 3 fully saturated rings. The number of benzene rings is 2. The number of aliphatic hydroxyl groups is 1. The molecular weight excluding hydrogens is 646 g/mol. The second-order valence-electron chi connectivity index (χ2n) is 13.1. The summed E-state index contributed by atoms with van der Waals surface area (Å²) < 4.78 is 12.9. The zero-order valence-corrected chi connectivity index (χ0v) is 29.1. The summed E-state index contributed by atoms with van der Waals surface area (Å²) in [5, 5.41) is 10.9. The van der Waals surface area contributed by atoms with Crippen LogP contribution in [0.1, 0.15) is 57.6 Å². The summed E-state index contributed by atoms with van der Waals surface area (Å²) in [5.74, 6) is -3.53. The van der Waals surface area contributed by atoms with Crippen molar-refractivity contribution in [2.75, 3.05) is 25.1 Å². The van der Waals surface area contributed by atoms with Crippen LogP contribution in [-0.4, -0.2) is 88.6 Å². The van der Waals surface area contributed by atoms with Gasteiger partial charge in [-0.05, 0) is 62.4 Å². The summed E-state index contributed by atoms with van der Waals surface area (Å²) in [5.41, 5.74) is -0.0386. The fraction of sp³-hybridized carbons (Fsp3) is 0.474. The lowest BCUT2D eigenvalue weighted by Gasteiger charge is -2.39. The number of aliphatic hydroxyl groups excluding tert-OH is 1. The standard InChI is InChI=1S/C38H46ClN3O7/c1-6-9-15-30(44)40(5)24(4)33(25-13-11-10-12-14-25)48-37(47)31-29-20-21-38(49-29)32(31)35(45)42(27(8-3)23-43)34(38)36(46)41(22-7-2)28-18-16-26(39)17-19-28/h6-7,10-14,16-19,24,27,29,31-34,43H,1-2,8-9,15,20-23H2,3-5H3/t24-,27+,29+,31-,32-,33+,34+,38-/m1/s1. The minimum Gasteiger partial charge on any atom is -0.455 e. The Morgan fingerprint density at radius 1 is 1.14 bits per heavy atom. The van der Waals surface area contributed by atoms with Gasteiger partial charge in [-0.1, -0.05) is 61.0 Å². The van der Waals surface area contributed by atoms with Crippen molar-refractivity contribution in [3.8, 4) is 0 Å². The number of rotatable bonds is 15. The molecule has 0 aromatic heterocycles. The highest BCUT2D eigenvalue weighted by molar-refractivity contribution is 6.30. The Bertz CT molecular complexity index is 1550. The minimum atomic E-state index is -1.30. The summed E-state index contributed by atoms with van der Waals surface area (Å²) >= 11 is 6.15.